The number of hydrogen-bond donors (Lipinski definition) is 2. The van der Waals surface area contributed by atoms with Crippen molar-refractivity contribution < 1.29 is 9.59 Å². The minimum absolute atomic E-state index is 0.233. The van der Waals surface area contributed by atoms with E-state index in [1.165, 1.54) is 12.8 Å². The first-order chi connectivity index (χ1) is 12.1. The minimum atomic E-state index is -0.254. The summed E-state index contributed by atoms with van der Waals surface area (Å²) in [6.07, 6.45) is 6.89. The molecule has 2 aliphatic rings. The van der Waals surface area contributed by atoms with E-state index in [1.807, 2.05) is 6.08 Å². The molecule has 1 aliphatic carbocycles. The van der Waals surface area contributed by atoms with Gasteiger partial charge in [-0.2, -0.15) is 0 Å². The van der Waals surface area contributed by atoms with Crippen LogP contribution in [0.4, 0.5) is 5.69 Å². The number of rotatable bonds is 7. The fourth-order valence-electron chi connectivity index (χ4n) is 2.71. The monoisotopic (exact) mass is 359 g/mol. The molecule has 0 saturated heterocycles. The molecule has 1 heterocycles. The number of hydrogen-bond acceptors (Lipinski definition) is 3. The summed E-state index contributed by atoms with van der Waals surface area (Å²) < 4.78 is 0. The van der Waals surface area contributed by atoms with Gasteiger partial charge in [-0.05, 0) is 49.5 Å². The first kappa shape index (κ1) is 17.7. The molecular formula is C19H22ClN3O2. The lowest BCUT2D eigenvalue weighted by Gasteiger charge is -2.09. The van der Waals surface area contributed by atoms with E-state index >= 15 is 0 Å². The van der Waals surface area contributed by atoms with Crippen LogP contribution in [-0.2, 0) is 4.79 Å². The molecule has 0 aromatic heterocycles. The van der Waals surface area contributed by atoms with Crippen molar-refractivity contribution in [1.29, 1.82) is 0 Å². The Morgan fingerprint density at radius 2 is 2.08 bits per heavy atom. The molecule has 2 N–H and O–H groups in total. The number of aliphatic imine (C=N–C) groups is 1. The van der Waals surface area contributed by atoms with Crippen molar-refractivity contribution >= 4 is 34.8 Å². The molecule has 0 radical (unpaired) electrons. The molecule has 5 nitrogen and oxygen atoms in total. The first-order valence-electron chi connectivity index (χ1n) is 8.75. The van der Waals surface area contributed by atoms with Gasteiger partial charge in [0.05, 0.1) is 10.6 Å². The summed E-state index contributed by atoms with van der Waals surface area (Å²) in [5, 5.41) is 5.99. The van der Waals surface area contributed by atoms with E-state index in [0.29, 0.717) is 34.4 Å². The molecule has 0 spiro atoms. The third-order valence-electron chi connectivity index (χ3n) is 4.33. The zero-order valence-electron chi connectivity index (χ0n) is 14.3. The fraction of sp³-hybridized carbons (Fsp3) is 0.421. The Morgan fingerprint density at radius 1 is 1.28 bits per heavy atom. The lowest BCUT2D eigenvalue weighted by atomic mass is 10.1. The Bertz CT molecular complexity index is 751. The molecule has 1 aromatic rings. The highest BCUT2D eigenvalue weighted by Crippen LogP contribution is 2.34. The second-order valence-corrected chi connectivity index (χ2v) is 6.84. The van der Waals surface area contributed by atoms with Gasteiger partial charge < -0.3 is 10.6 Å². The van der Waals surface area contributed by atoms with Gasteiger partial charge >= 0.3 is 0 Å². The topological polar surface area (TPSA) is 70.6 Å². The molecule has 3 rings (SSSR count). The lowest BCUT2D eigenvalue weighted by Crippen LogP contribution is -2.25. The third kappa shape index (κ3) is 4.48. The Kier molecular flexibility index (Phi) is 5.53. The zero-order valence-corrected chi connectivity index (χ0v) is 15.0. The summed E-state index contributed by atoms with van der Waals surface area (Å²) >= 11 is 6.12. The number of carbonyl (C=O) groups is 2. The number of halogens is 1. The van der Waals surface area contributed by atoms with Crippen LogP contribution in [0.1, 0.15) is 49.4 Å². The minimum Gasteiger partial charge on any atom is -0.352 e. The third-order valence-corrected chi connectivity index (χ3v) is 4.66. The number of nitrogens with zero attached hydrogens (tertiary/aromatic N) is 1. The Balaban J connectivity index is 1.65. The molecule has 25 heavy (non-hydrogen) atoms. The van der Waals surface area contributed by atoms with Crippen molar-refractivity contribution in [3.8, 4) is 0 Å². The first-order valence-corrected chi connectivity index (χ1v) is 9.13. The Morgan fingerprint density at radius 3 is 2.80 bits per heavy atom. The number of carbonyl (C=O) groups excluding carboxylic acids is 2. The average molecular weight is 360 g/mol. The number of unbranched alkanes of at least 4 members (excludes halogenated alkanes) is 1. The van der Waals surface area contributed by atoms with E-state index in [4.69, 9.17) is 11.6 Å². The van der Waals surface area contributed by atoms with Crippen LogP contribution in [0.5, 0.6) is 0 Å². The molecule has 1 fully saturated rings. The van der Waals surface area contributed by atoms with E-state index in [-0.39, 0.29) is 11.8 Å². The van der Waals surface area contributed by atoms with Crippen LogP contribution >= 0.6 is 11.6 Å². The zero-order chi connectivity index (χ0) is 17.8. The van der Waals surface area contributed by atoms with Crippen LogP contribution in [0.25, 0.3) is 0 Å². The summed E-state index contributed by atoms with van der Waals surface area (Å²) in [5.74, 6) is 0.0782. The van der Waals surface area contributed by atoms with Crippen LogP contribution in [0.3, 0.4) is 0 Å². The van der Waals surface area contributed by atoms with Gasteiger partial charge in [0.2, 0.25) is 0 Å². The van der Waals surface area contributed by atoms with Crippen LogP contribution in [-0.4, -0.2) is 24.1 Å². The van der Waals surface area contributed by atoms with Gasteiger partial charge in [0.15, 0.2) is 0 Å². The van der Waals surface area contributed by atoms with Crippen molar-refractivity contribution in [3.05, 3.63) is 40.6 Å². The molecule has 0 unspecified atom stereocenters. The molecule has 2 amide bonds. The van der Waals surface area contributed by atoms with Gasteiger partial charge in [-0.1, -0.05) is 24.9 Å². The number of anilines is 1. The van der Waals surface area contributed by atoms with Crippen LogP contribution in [0, 0.1) is 5.92 Å². The summed E-state index contributed by atoms with van der Waals surface area (Å²) in [4.78, 5) is 29.0. The van der Waals surface area contributed by atoms with E-state index in [9.17, 15) is 9.59 Å². The van der Waals surface area contributed by atoms with Gasteiger partial charge in [-0.15, -0.1) is 0 Å². The second-order valence-electron chi connectivity index (χ2n) is 6.43. The maximum absolute atomic E-state index is 12.4. The van der Waals surface area contributed by atoms with E-state index in [1.54, 1.807) is 18.2 Å². The number of amides is 2. The molecule has 0 bridgehead atoms. The Hall–Kier alpha value is -2.14. The van der Waals surface area contributed by atoms with Crippen molar-refractivity contribution in [2.24, 2.45) is 10.9 Å². The number of nitrogens with one attached hydrogen (secondary N) is 2. The molecule has 0 atom stereocenters. The number of benzene rings is 1. The fourth-order valence-corrected chi connectivity index (χ4v) is 2.91. The van der Waals surface area contributed by atoms with Gasteiger partial charge in [0.1, 0.15) is 5.70 Å². The van der Waals surface area contributed by atoms with Crippen LogP contribution in [0.2, 0.25) is 5.02 Å². The smallest absolute Gasteiger partial charge is 0.273 e. The average Bonchev–Trinajstić information content (AvgIpc) is 3.33. The summed E-state index contributed by atoms with van der Waals surface area (Å²) in [6.45, 7) is 2.66. The largest absolute Gasteiger partial charge is 0.352 e. The van der Waals surface area contributed by atoms with Crippen molar-refractivity contribution in [1.82, 2.24) is 5.32 Å². The van der Waals surface area contributed by atoms with Gasteiger partial charge in [-0.3, -0.25) is 14.6 Å². The lowest BCUT2D eigenvalue weighted by molar-refractivity contribution is -0.112. The van der Waals surface area contributed by atoms with Crippen molar-refractivity contribution in [2.45, 2.75) is 39.0 Å². The number of allylic oxidation sites excluding steroid dienone is 1. The van der Waals surface area contributed by atoms with Crippen molar-refractivity contribution in [3.63, 3.8) is 0 Å². The SMILES string of the molecule is CCCCNC(=O)c1cc(NC(=O)C2=CCC(C3CC3)=N2)ccc1Cl. The summed E-state index contributed by atoms with van der Waals surface area (Å²) in [5.41, 5.74) is 2.45. The highest BCUT2D eigenvalue weighted by Gasteiger charge is 2.30. The Labute approximate surface area is 152 Å². The maximum Gasteiger partial charge on any atom is 0.273 e. The standard InChI is InChI=1S/C19H22ClN3O2/c1-2-3-10-21-18(24)14-11-13(6-7-15(14)20)22-19(25)17-9-8-16(23-17)12-4-5-12/h6-7,9,11-12H,2-5,8,10H2,1H3,(H,21,24)(H,22,25). The van der Waals surface area contributed by atoms with Gasteiger partial charge in [-0.25, -0.2) is 0 Å². The maximum atomic E-state index is 12.4. The van der Waals surface area contributed by atoms with Gasteiger partial charge in [0.25, 0.3) is 11.8 Å². The molecule has 1 saturated carbocycles. The molecule has 6 heteroatoms. The molecule has 1 aromatic carbocycles. The highest BCUT2D eigenvalue weighted by atomic mass is 35.5. The normalized spacial score (nSPS) is 16.2. The van der Waals surface area contributed by atoms with E-state index < -0.39 is 0 Å². The summed E-state index contributed by atoms with van der Waals surface area (Å²) in [6, 6.07) is 4.90. The quantitative estimate of drug-likeness (QED) is 0.724. The van der Waals surface area contributed by atoms with Crippen LogP contribution < -0.4 is 10.6 Å². The second kappa shape index (κ2) is 7.83. The van der Waals surface area contributed by atoms with E-state index in [2.05, 4.69) is 22.5 Å². The van der Waals surface area contributed by atoms with Gasteiger partial charge in [0, 0.05) is 24.4 Å². The van der Waals surface area contributed by atoms with Crippen molar-refractivity contribution in [2.75, 3.05) is 11.9 Å². The molecule has 1 aliphatic heterocycles. The molecular weight excluding hydrogens is 338 g/mol. The molecule has 132 valence electrons. The van der Waals surface area contributed by atoms with E-state index in [0.717, 1.165) is 25.0 Å². The highest BCUT2D eigenvalue weighted by molar-refractivity contribution is 6.34. The predicted molar refractivity (Wildman–Crippen MR) is 100 cm³/mol. The summed E-state index contributed by atoms with van der Waals surface area (Å²) in [7, 11) is 0. The predicted octanol–water partition coefficient (Wildman–Crippen LogP) is 3.95. The van der Waals surface area contributed by atoms with Crippen LogP contribution in [0.15, 0.2) is 35.0 Å².